The molecule has 0 aromatic heterocycles. The summed E-state index contributed by atoms with van der Waals surface area (Å²) in [5.74, 6) is -6.42. The molecule has 0 bridgehead atoms. The molecule has 10 nitrogen and oxygen atoms in total. The van der Waals surface area contributed by atoms with Crippen LogP contribution in [-0.4, -0.2) is 76.2 Å². The largest absolute Gasteiger partial charge is 0.465 e. The molecule has 1 saturated heterocycles. The van der Waals surface area contributed by atoms with E-state index in [2.05, 4.69) is 16.0 Å². The standard InChI is InChI=1S/C25H40F2N4O6/c1-23(2,3)18(30-22(36)37)21(35)31-12-11-24(4,5)13-16(31)19(33)29-15(9-10-25(6,26)27)17(32)20(34)28-14-7-8-14/h14-16,18,30H,7-13H2,1-6H3,(H,28,34)(H,29,33)(H,36,37)/t15-,16?,18+/m0/s1. The first-order valence-corrected chi connectivity index (χ1v) is 12.6. The minimum atomic E-state index is -3.12. The van der Waals surface area contributed by atoms with Gasteiger partial charge in [-0.25, -0.2) is 13.6 Å². The number of nitrogens with zero attached hydrogens (tertiary/aromatic N) is 1. The molecule has 1 aliphatic heterocycles. The molecule has 1 saturated carbocycles. The molecule has 1 heterocycles. The van der Waals surface area contributed by atoms with Crippen LogP contribution in [0.1, 0.15) is 80.1 Å². The highest BCUT2D eigenvalue weighted by molar-refractivity contribution is 6.38. The van der Waals surface area contributed by atoms with Gasteiger partial charge >= 0.3 is 6.09 Å². The molecule has 0 aromatic rings. The second kappa shape index (κ2) is 11.3. The Hall–Kier alpha value is -2.79. The topological polar surface area (TPSA) is 145 Å². The maximum absolute atomic E-state index is 13.6. The van der Waals surface area contributed by atoms with Gasteiger partial charge in [0.2, 0.25) is 23.5 Å². The molecule has 3 atom stereocenters. The molecule has 210 valence electrons. The van der Waals surface area contributed by atoms with Crippen LogP contribution in [0.3, 0.4) is 0 Å². The number of carboxylic acid groups (broad SMARTS) is 1. The lowest BCUT2D eigenvalue weighted by atomic mass is 9.77. The SMILES string of the molecule is CC(F)(F)CC[C@H](NC(=O)C1CC(C)(C)CCN1C(=O)[C@@H](NC(=O)O)C(C)(C)C)C(=O)C(=O)NC1CC1. The van der Waals surface area contributed by atoms with Gasteiger partial charge in [-0.1, -0.05) is 34.6 Å². The Morgan fingerprint density at radius 3 is 2.14 bits per heavy atom. The molecular formula is C25H40F2N4O6. The Bertz CT molecular complexity index is 908. The van der Waals surface area contributed by atoms with E-state index in [-0.39, 0.29) is 24.4 Å². The van der Waals surface area contributed by atoms with Crippen molar-refractivity contribution in [3.8, 4) is 0 Å². The van der Waals surface area contributed by atoms with Crippen LogP contribution in [0, 0.1) is 10.8 Å². The number of rotatable bonds is 10. The highest BCUT2D eigenvalue weighted by Crippen LogP contribution is 2.35. The number of piperidine rings is 1. The fourth-order valence-electron chi connectivity index (χ4n) is 4.33. The van der Waals surface area contributed by atoms with E-state index in [0.29, 0.717) is 13.3 Å². The first-order valence-electron chi connectivity index (χ1n) is 12.6. The molecule has 2 fully saturated rings. The van der Waals surface area contributed by atoms with Crippen molar-refractivity contribution in [1.29, 1.82) is 0 Å². The predicted molar refractivity (Wildman–Crippen MR) is 131 cm³/mol. The number of amides is 4. The first kappa shape index (κ1) is 30.4. The highest BCUT2D eigenvalue weighted by Gasteiger charge is 2.45. The zero-order valence-corrected chi connectivity index (χ0v) is 22.5. The van der Waals surface area contributed by atoms with Crippen LogP contribution in [-0.2, 0) is 19.2 Å². The summed E-state index contributed by atoms with van der Waals surface area (Å²) in [7, 11) is 0. The summed E-state index contributed by atoms with van der Waals surface area (Å²) in [4.78, 5) is 64.8. The first-order chi connectivity index (χ1) is 16.8. The lowest BCUT2D eigenvalue weighted by molar-refractivity contribution is -0.149. The molecule has 12 heteroatoms. The Morgan fingerprint density at radius 2 is 1.65 bits per heavy atom. The molecule has 4 amide bonds. The van der Waals surface area contributed by atoms with Gasteiger partial charge in [-0.3, -0.25) is 19.2 Å². The quantitative estimate of drug-likeness (QED) is 0.319. The van der Waals surface area contributed by atoms with Gasteiger partial charge in [-0.15, -0.1) is 0 Å². The van der Waals surface area contributed by atoms with Crippen molar-refractivity contribution in [2.24, 2.45) is 10.8 Å². The van der Waals surface area contributed by atoms with E-state index in [0.717, 1.165) is 12.8 Å². The number of hydrogen-bond donors (Lipinski definition) is 4. The van der Waals surface area contributed by atoms with Crippen molar-refractivity contribution >= 4 is 29.6 Å². The van der Waals surface area contributed by atoms with Crippen LogP contribution in [0.15, 0.2) is 0 Å². The minimum Gasteiger partial charge on any atom is -0.465 e. The number of halogens is 2. The summed E-state index contributed by atoms with van der Waals surface area (Å²) in [6, 6.07) is -3.86. The van der Waals surface area contributed by atoms with Crippen LogP contribution in [0.2, 0.25) is 0 Å². The van der Waals surface area contributed by atoms with Crippen LogP contribution in [0.25, 0.3) is 0 Å². The zero-order chi connectivity index (χ0) is 28.3. The van der Waals surface area contributed by atoms with Crippen LogP contribution in [0.5, 0.6) is 0 Å². The number of ketones is 1. The summed E-state index contributed by atoms with van der Waals surface area (Å²) in [5.41, 5.74) is -1.18. The summed E-state index contributed by atoms with van der Waals surface area (Å²) in [6.07, 6.45) is -0.393. The number of Topliss-reactive ketones (excluding diaryl/α,β-unsaturated/α-hetero) is 1. The van der Waals surface area contributed by atoms with Gasteiger partial charge in [-0.05, 0) is 49.9 Å². The van der Waals surface area contributed by atoms with E-state index in [1.54, 1.807) is 20.8 Å². The van der Waals surface area contributed by atoms with Crippen molar-refractivity contribution in [3.05, 3.63) is 0 Å². The van der Waals surface area contributed by atoms with Crippen molar-refractivity contribution in [2.45, 2.75) is 110 Å². The summed E-state index contributed by atoms with van der Waals surface area (Å²) < 4.78 is 27.2. The van der Waals surface area contributed by atoms with Gasteiger partial charge in [0, 0.05) is 19.0 Å². The normalized spacial score (nSPS) is 21.4. The maximum atomic E-state index is 13.6. The average molecular weight is 531 g/mol. The van der Waals surface area contributed by atoms with Gasteiger partial charge in [-0.2, -0.15) is 0 Å². The minimum absolute atomic E-state index is 0.135. The Balaban J connectivity index is 2.30. The van der Waals surface area contributed by atoms with E-state index in [4.69, 9.17) is 0 Å². The van der Waals surface area contributed by atoms with Crippen LogP contribution in [0.4, 0.5) is 13.6 Å². The molecule has 1 aliphatic carbocycles. The second-order valence-electron chi connectivity index (χ2n) is 12.2. The summed E-state index contributed by atoms with van der Waals surface area (Å²) in [6.45, 7) is 9.73. The van der Waals surface area contributed by atoms with Gasteiger partial charge in [0.05, 0.1) is 6.04 Å². The van der Waals surface area contributed by atoms with Crippen molar-refractivity contribution in [1.82, 2.24) is 20.9 Å². The van der Waals surface area contributed by atoms with E-state index in [1.165, 1.54) is 4.90 Å². The van der Waals surface area contributed by atoms with Crippen LogP contribution < -0.4 is 16.0 Å². The summed E-state index contributed by atoms with van der Waals surface area (Å²) in [5, 5.41) is 16.5. The molecule has 2 rings (SSSR count). The van der Waals surface area contributed by atoms with E-state index in [9.17, 15) is 37.9 Å². The van der Waals surface area contributed by atoms with E-state index >= 15 is 0 Å². The number of likely N-dealkylation sites (tertiary alicyclic amines) is 1. The number of nitrogens with one attached hydrogen (secondary N) is 3. The van der Waals surface area contributed by atoms with Gasteiger partial charge in [0.1, 0.15) is 12.1 Å². The monoisotopic (exact) mass is 530 g/mol. The molecule has 0 spiro atoms. The third kappa shape index (κ3) is 9.23. The third-order valence-electron chi connectivity index (χ3n) is 6.76. The van der Waals surface area contributed by atoms with Crippen molar-refractivity contribution in [2.75, 3.05) is 6.54 Å². The fourth-order valence-corrected chi connectivity index (χ4v) is 4.33. The molecule has 37 heavy (non-hydrogen) atoms. The number of hydrogen-bond acceptors (Lipinski definition) is 5. The van der Waals surface area contributed by atoms with Crippen LogP contribution >= 0.6 is 0 Å². The van der Waals surface area contributed by atoms with Gasteiger partial charge < -0.3 is 26.0 Å². The third-order valence-corrected chi connectivity index (χ3v) is 6.76. The van der Waals surface area contributed by atoms with Crippen molar-refractivity contribution < 1.29 is 37.9 Å². The lowest BCUT2D eigenvalue weighted by Gasteiger charge is -2.45. The predicted octanol–water partition coefficient (Wildman–Crippen LogP) is 2.45. The van der Waals surface area contributed by atoms with E-state index in [1.807, 2.05) is 13.8 Å². The Morgan fingerprint density at radius 1 is 1.05 bits per heavy atom. The Kier molecular flexibility index (Phi) is 9.30. The molecule has 0 aromatic carbocycles. The zero-order valence-electron chi connectivity index (χ0n) is 22.5. The molecule has 0 radical (unpaired) electrons. The lowest BCUT2D eigenvalue weighted by Crippen LogP contribution is -2.63. The molecule has 4 N–H and O–H groups in total. The number of alkyl halides is 2. The highest BCUT2D eigenvalue weighted by atomic mass is 19.3. The molecule has 1 unspecified atom stereocenters. The van der Waals surface area contributed by atoms with Crippen molar-refractivity contribution in [3.63, 3.8) is 0 Å². The Labute approximate surface area is 216 Å². The fraction of sp³-hybridized carbons (Fsp3) is 0.800. The summed E-state index contributed by atoms with van der Waals surface area (Å²) >= 11 is 0. The number of carbonyl (C=O) groups excluding carboxylic acids is 4. The van der Waals surface area contributed by atoms with E-state index < -0.39 is 71.9 Å². The van der Waals surface area contributed by atoms with Gasteiger partial charge in [0.15, 0.2) is 0 Å². The molecular weight excluding hydrogens is 490 g/mol. The van der Waals surface area contributed by atoms with Gasteiger partial charge in [0.25, 0.3) is 5.91 Å². The number of carbonyl (C=O) groups is 5. The second-order valence-corrected chi connectivity index (χ2v) is 12.2. The smallest absolute Gasteiger partial charge is 0.405 e. The average Bonchev–Trinajstić information content (AvgIpc) is 3.55. The molecule has 2 aliphatic rings. The maximum Gasteiger partial charge on any atom is 0.405 e.